The van der Waals surface area contributed by atoms with E-state index in [4.69, 9.17) is 34.6 Å². The third-order valence-electron chi connectivity index (χ3n) is 28.3. The van der Waals surface area contributed by atoms with Gasteiger partial charge in [0.15, 0.2) is 0 Å². The second kappa shape index (κ2) is 40.3. The third kappa shape index (κ3) is 21.9. The first-order chi connectivity index (χ1) is 67.1. The zero-order valence-electron chi connectivity index (χ0n) is 82.7. The first kappa shape index (κ1) is 100. The minimum Gasteiger partial charge on any atom is -0.381 e. The van der Waals surface area contributed by atoms with Crippen molar-refractivity contribution in [1.29, 1.82) is 0 Å². The van der Waals surface area contributed by atoms with Crippen molar-refractivity contribution in [1.82, 2.24) is 65.3 Å². The number of fused-ring (bicyclic) bond motifs is 4. The molecule has 141 heavy (non-hydrogen) atoms. The van der Waals surface area contributed by atoms with E-state index >= 15 is 0 Å². The molecule has 8 heterocycles. The summed E-state index contributed by atoms with van der Waals surface area (Å²) in [5, 5.41) is 32.9. The van der Waals surface area contributed by atoms with Crippen molar-refractivity contribution in [3.8, 4) is 22.7 Å². The van der Waals surface area contributed by atoms with E-state index in [0.29, 0.717) is 170 Å². The van der Waals surface area contributed by atoms with Crippen LogP contribution >= 0.6 is 0 Å². The van der Waals surface area contributed by atoms with E-state index in [2.05, 4.69) is 28.2 Å². The van der Waals surface area contributed by atoms with E-state index in [1.165, 1.54) is 42.2 Å². The van der Waals surface area contributed by atoms with E-state index < -0.39 is 40.1 Å². The highest BCUT2D eigenvalue weighted by Gasteiger charge is 2.42. The molecule has 4 aromatic heterocycles. The van der Waals surface area contributed by atoms with Crippen molar-refractivity contribution in [2.24, 2.45) is 23.2 Å². The number of amides is 5. The maximum Gasteiger partial charge on any atom is 0.270 e. The summed E-state index contributed by atoms with van der Waals surface area (Å²) in [7, 11) is -7.70. The molecule has 37 heteroatoms. The molecule has 2 unspecified atom stereocenters. The number of anilines is 4. The number of sulfonamides is 4. The Balaban J connectivity index is 0.000000130. The number of likely N-dealkylation sites (tertiary alicyclic amines) is 1. The highest BCUT2D eigenvalue weighted by atomic mass is 32.2. The molecule has 12 aromatic rings. The van der Waals surface area contributed by atoms with Crippen molar-refractivity contribution >= 4 is 136 Å². The summed E-state index contributed by atoms with van der Waals surface area (Å²) in [4.78, 5) is 65.2. The van der Waals surface area contributed by atoms with E-state index in [0.717, 1.165) is 148 Å². The summed E-state index contributed by atoms with van der Waals surface area (Å²) >= 11 is 0. The number of rotatable bonds is 32. The van der Waals surface area contributed by atoms with Crippen molar-refractivity contribution in [2.75, 3.05) is 143 Å². The molecule has 4 aliphatic heterocycles. The summed E-state index contributed by atoms with van der Waals surface area (Å²) in [6.07, 6.45) is 16.0. The molecule has 0 spiro atoms. The number of hydrogen-bond donors (Lipinski definition) is 4. The van der Waals surface area contributed by atoms with Gasteiger partial charge in [-0.3, -0.25) is 41.2 Å². The Morgan fingerprint density at radius 2 is 0.652 bits per heavy atom. The highest BCUT2D eigenvalue weighted by Crippen LogP contribution is 2.52. The molecule has 2 atom stereocenters. The normalized spacial score (nSPS) is 17.4. The smallest absolute Gasteiger partial charge is 0.270 e. The zero-order valence-corrected chi connectivity index (χ0v) is 86.0. The fourth-order valence-corrected chi connectivity index (χ4v) is 22.8. The van der Waals surface area contributed by atoms with Gasteiger partial charge in [-0.15, -0.1) is 0 Å². The third-order valence-corrected chi connectivity index (χ3v) is 33.0. The average Bonchev–Trinajstić information content (AvgIpc) is 1.60. The molecule has 0 radical (unpaired) electrons. The number of carbonyl (C=O) groups excluding carboxylic acids is 5. The lowest BCUT2D eigenvalue weighted by Gasteiger charge is -2.39. The van der Waals surface area contributed by atoms with Crippen molar-refractivity contribution in [2.45, 2.75) is 155 Å². The van der Waals surface area contributed by atoms with E-state index in [9.17, 15) is 57.6 Å². The molecule has 8 aromatic carbocycles. The van der Waals surface area contributed by atoms with Crippen LogP contribution in [-0.4, -0.2) is 239 Å². The molecule has 20 rings (SSSR count). The lowest BCUT2D eigenvalue weighted by Crippen LogP contribution is -2.50. The van der Waals surface area contributed by atoms with Crippen LogP contribution in [0.25, 0.3) is 66.4 Å². The van der Waals surface area contributed by atoms with Crippen LogP contribution in [0.4, 0.5) is 22.7 Å². The van der Waals surface area contributed by atoms with E-state index in [1.54, 1.807) is 58.7 Å². The number of ether oxygens (including phenoxy) is 3. The molecule has 4 aliphatic carbocycles. The van der Waals surface area contributed by atoms with Crippen LogP contribution in [0.1, 0.15) is 208 Å². The molecular weight excluding hydrogens is 1870 g/mol. The number of benzene rings is 8. The largest absolute Gasteiger partial charge is 0.381 e. The molecule has 0 bridgehead atoms. The topological polar surface area (TPSA) is 385 Å². The van der Waals surface area contributed by atoms with Crippen molar-refractivity contribution in [3.63, 3.8) is 0 Å². The molecule has 4 saturated heterocycles. The van der Waals surface area contributed by atoms with Gasteiger partial charge in [0, 0.05) is 113 Å². The van der Waals surface area contributed by atoms with Crippen molar-refractivity contribution < 1.29 is 71.9 Å². The van der Waals surface area contributed by atoms with Gasteiger partial charge in [0.1, 0.15) is 22.8 Å². The molecule has 5 amide bonds. The first-order valence-electron chi connectivity index (χ1n) is 48.5. The Kier molecular flexibility index (Phi) is 28.7. The lowest BCUT2D eigenvalue weighted by atomic mass is 9.85. The fourth-order valence-electron chi connectivity index (χ4n) is 19.1. The Hall–Kier alpha value is -12.1. The van der Waals surface area contributed by atoms with Crippen LogP contribution in [-0.2, 0) is 59.1 Å². The lowest BCUT2D eigenvalue weighted by molar-refractivity contribution is -0.135. The predicted molar refractivity (Wildman–Crippen MR) is 550 cm³/mol. The van der Waals surface area contributed by atoms with Gasteiger partial charge in [-0.2, -0.15) is 20.4 Å². The standard InChI is InChI=1S/C27H33N5O4S.2C26H32N4O4S.C25H30N4O4S/c1-17-5-9-21(10-6-17)32-26(27(34)28-3)23-13-22(20-7-8-20)25(14-24(23)29-32)31(37(4,35)36)12-11-19-15-30(16-19)18(2)33;1-17-5-9-19(10-6-17)30-24(25(31)27-3)21-13-20(18-7-8-18)23(14-22(21)28-30)29(35(4,32)33)12-11-26(2)15-34-16-26;1-16-5-9-20(10-6-16)30-25(26(31)27-3)22-13-21(18-7-8-18)24(14-23(22)28-30)29(35(4,32)33)12-11-19-15-34-17(19)2;1-16-4-8-19(9-5-16)29-24(25(30)26-2)21-12-20(18-6-7-18)23(13-22(21)27-29)28(34(3,31)32)11-10-17-14-33-15-17/h5-6,9-10,13-14,19-20H,7-8,11-12,15-16H2,1-4H3,(H,28,34);5-6,9-10,13-14,18H,7-8,11-12,15-16H2,1-4H3,(H,27,31);5-6,9-10,13-14,17-19H,7-8,11-12,15H2,1-4H3,(H,27,31);4-5,8-9,12-13,17-18H,6-7,10-11,14-15H2,1-3H3,(H,26,30). The molecule has 4 saturated carbocycles. The summed E-state index contributed by atoms with van der Waals surface area (Å²) in [5.41, 5.74) is 18.1. The predicted octanol–water partition coefficient (Wildman–Crippen LogP) is 14.1. The van der Waals surface area contributed by atoms with E-state index in [1.807, 2.05) is 180 Å². The number of aryl methyl sites for hydroxylation is 4. The van der Waals surface area contributed by atoms with Gasteiger partial charge >= 0.3 is 0 Å². The van der Waals surface area contributed by atoms with Crippen molar-refractivity contribution in [3.05, 3.63) is 213 Å². The molecular formula is C104H127N17O16S4. The van der Waals surface area contributed by atoms with Gasteiger partial charge in [0.05, 0.1) is 132 Å². The molecule has 33 nitrogen and oxygen atoms in total. The van der Waals surface area contributed by atoms with Gasteiger partial charge in [-0.25, -0.2) is 52.4 Å². The van der Waals surface area contributed by atoms with Crippen LogP contribution < -0.4 is 38.5 Å². The van der Waals surface area contributed by atoms with Crippen LogP contribution in [0.2, 0.25) is 0 Å². The Bertz CT molecular complexity index is 7300. The summed E-state index contributed by atoms with van der Waals surface area (Å²) in [5.74, 6) is 1.21. The van der Waals surface area contributed by atoms with Gasteiger partial charge in [-0.1, -0.05) is 77.7 Å². The quantitative estimate of drug-likeness (QED) is 0.0304. The number of hydrogen-bond acceptors (Lipinski definition) is 20. The fraction of sp³-hybridized carbons (Fsp3) is 0.452. The number of nitrogens with one attached hydrogen (secondary N) is 4. The summed E-state index contributed by atoms with van der Waals surface area (Å²) in [6, 6.07) is 46.5. The zero-order chi connectivity index (χ0) is 100. The summed E-state index contributed by atoms with van der Waals surface area (Å²) < 4.78 is 132. The second-order valence-electron chi connectivity index (χ2n) is 39.8. The van der Waals surface area contributed by atoms with Gasteiger partial charge in [-0.05, 0) is 261 Å². The first-order valence-corrected chi connectivity index (χ1v) is 55.9. The maximum atomic E-state index is 13.0. The number of aromatic nitrogens is 8. The molecule has 8 aliphatic rings. The maximum absolute atomic E-state index is 13.0. The minimum absolute atomic E-state index is 0.00775. The van der Waals surface area contributed by atoms with Crippen LogP contribution in [0, 0.1) is 50.9 Å². The van der Waals surface area contributed by atoms with E-state index in [-0.39, 0.29) is 70.6 Å². The number of carbonyl (C=O) groups is 5. The molecule has 748 valence electrons. The Morgan fingerprint density at radius 1 is 0.383 bits per heavy atom. The van der Waals surface area contributed by atoms with Crippen LogP contribution in [0.15, 0.2) is 146 Å². The average molecular weight is 2000 g/mol. The van der Waals surface area contributed by atoms with Gasteiger partial charge in [0.25, 0.3) is 23.6 Å². The van der Waals surface area contributed by atoms with Gasteiger partial charge in [0.2, 0.25) is 46.0 Å². The monoisotopic (exact) mass is 2000 g/mol. The van der Waals surface area contributed by atoms with Gasteiger partial charge < -0.3 is 40.4 Å². The summed E-state index contributed by atoms with van der Waals surface area (Å²) in [6.45, 7) is 19.9. The Morgan fingerprint density at radius 3 is 0.865 bits per heavy atom. The minimum atomic E-state index is -3.57. The highest BCUT2D eigenvalue weighted by molar-refractivity contribution is 7.93. The SMILES string of the molecule is CNC(=O)c1c2cc(C3CC3)c(N(CCC3(C)COC3)S(C)(=O)=O)cc2nn1-c1ccc(C)cc1.CNC(=O)c1c2cc(C3CC3)c(N(CCC3CN(C(C)=O)C3)S(C)(=O)=O)cc2nn1-c1ccc(C)cc1.CNC(=O)c1c2cc(C3CC3)c(N(CCC3COC3)S(C)(=O)=O)cc2nn1-c1ccc(C)cc1.CNC(=O)c1c2cc(C3CC3)c(N(CCC3COC3C)S(C)(=O)=O)cc2nn1-c1ccc(C)cc1. The molecule has 4 N–H and O–H groups in total. The second-order valence-corrected chi connectivity index (χ2v) is 47.4. The molecule has 8 fully saturated rings. The number of nitrogens with zero attached hydrogens (tertiary/aromatic N) is 13. The van der Waals surface area contributed by atoms with Crippen LogP contribution in [0.5, 0.6) is 0 Å². The van der Waals surface area contributed by atoms with Crippen LogP contribution in [0.3, 0.4) is 0 Å². The Labute approximate surface area is 824 Å².